The number of rotatable bonds is 2. The topological polar surface area (TPSA) is 76.7 Å². The molecule has 0 fully saturated rings. The van der Waals surface area contributed by atoms with Gasteiger partial charge in [-0.15, -0.1) is 0 Å². The molecule has 0 radical (unpaired) electrons. The van der Waals surface area contributed by atoms with Crippen molar-refractivity contribution in [3.8, 4) is 5.75 Å². The Bertz CT molecular complexity index is 848. The molecule has 2 aromatic carbocycles. The lowest BCUT2D eigenvalue weighted by molar-refractivity contribution is 0.0865. The number of benzene rings is 2. The normalized spacial score (nSPS) is 15.0. The highest BCUT2D eigenvalue weighted by molar-refractivity contribution is 5.95. The Kier molecular flexibility index (Phi) is 6.66. The monoisotopic (exact) mass is 382 g/mol. The number of hydrogen-bond acceptors (Lipinski definition) is 4. The fraction of sp³-hybridized carbons (Fsp3) is 0.364. The molecule has 0 aliphatic carbocycles. The summed E-state index contributed by atoms with van der Waals surface area (Å²) in [5.41, 5.74) is 3.06. The number of carbonyl (C=O) groups excluding carboxylic acids is 2. The lowest BCUT2D eigenvalue weighted by atomic mass is 9.99. The summed E-state index contributed by atoms with van der Waals surface area (Å²) in [5.74, 6) is 0.481. The van der Waals surface area contributed by atoms with E-state index in [1.54, 1.807) is 12.1 Å². The highest BCUT2D eigenvalue weighted by Crippen LogP contribution is 2.24. The first kappa shape index (κ1) is 19.9. The molecule has 28 heavy (non-hydrogen) atoms. The van der Waals surface area contributed by atoms with Crippen LogP contribution < -0.4 is 15.4 Å². The molecule has 6 heteroatoms. The van der Waals surface area contributed by atoms with Crippen molar-refractivity contribution >= 4 is 11.8 Å². The third-order valence-corrected chi connectivity index (χ3v) is 4.34. The van der Waals surface area contributed by atoms with Gasteiger partial charge in [-0.1, -0.05) is 12.1 Å². The van der Waals surface area contributed by atoms with Gasteiger partial charge in [0.05, 0.1) is 13.2 Å². The molecule has 0 saturated heterocycles. The van der Waals surface area contributed by atoms with Crippen LogP contribution in [0.25, 0.3) is 0 Å². The van der Waals surface area contributed by atoms with Crippen LogP contribution in [0.15, 0.2) is 42.5 Å². The Morgan fingerprint density at radius 1 is 1.11 bits per heavy atom. The molecule has 148 valence electrons. The molecule has 0 unspecified atom stereocenters. The van der Waals surface area contributed by atoms with Crippen LogP contribution >= 0.6 is 0 Å². The summed E-state index contributed by atoms with van der Waals surface area (Å²) >= 11 is 0. The first-order valence-electron chi connectivity index (χ1n) is 9.54. The highest BCUT2D eigenvalue weighted by atomic mass is 16.5. The average Bonchev–Trinajstić information content (AvgIpc) is 2.67. The summed E-state index contributed by atoms with van der Waals surface area (Å²) in [6.45, 7) is 5.56. The molecule has 1 aliphatic rings. The fourth-order valence-electron chi connectivity index (χ4n) is 3.04. The van der Waals surface area contributed by atoms with Crippen LogP contribution in [0.1, 0.15) is 45.7 Å². The molecule has 2 N–H and O–H groups in total. The van der Waals surface area contributed by atoms with Crippen molar-refractivity contribution in [3.05, 3.63) is 64.7 Å². The van der Waals surface area contributed by atoms with Gasteiger partial charge >= 0.3 is 0 Å². The lowest BCUT2D eigenvalue weighted by Crippen LogP contribution is -2.30. The summed E-state index contributed by atoms with van der Waals surface area (Å²) in [5, 5.41) is 5.76. The quantitative estimate of drug-likeness (QED) is 0.837. The van der Waals surface area contributed by atoms with Crippen LogP contribution in [0.2, 0.25) is 0 Å². The van der Waals surface area contributed by atoms with E-state index in [1.165, 1.54) is 0 Å². The molecule has 2 bridgehead atoms. The standard InChI is InChI=1S/C22H26N2O4/c1-15(2)24-22(26)18-6-7-20-19(14-18)13-16-4-3-5-17(12-16)21(25)23-8-9-27-10-11-28-20/h3-7,12,14-15H,8-11,13H2,1-2H3,(H,23,25)(H,24,26). The van der Waals surface area contributed by atoms with E-state index >= 15 is 0 Å². The summed E-state index contributed by atoms with van der Waals surface area (Å²) in [6.07, 6.45) is 0.556. The molecule has 1 heterocycles. The average molecular weight is 382 g/mol. The van der Waals surface area contributed by atoms with Gasteiger partial charge in [-0.3, -0.25) is 9.59 Å². The Balaban J connectivity index is 1.93. The number of fused-ring (bicyclic) bond motifs is 3. The number of nitrogens with one attached hydrogen (secondary N) is 2. The molecular formula is C22H26N2O4. The summed E-state index contributed by atoms with van der Waals surface area (Å²) in [7, 11) is 0. The number of carbonyl (C=O) groups is 2. The van der Waals surface area contributed by atoms with Gasteiger partial charge in [0.2, 0.25) is 0 Å². The molecule has 1 aliphatic heterocycles. The molecular weight excluding hydrogens is 356 g/mol. The summed E-state index contributed by atoms with van der Waals surface area (Å²) in [6, 6.07) is 13.0. The lowest BCUT2D eigenvalue weighted by Gasteiger charge is -2.16. The minimum Gasteiger partial charge on any atom is -0.491 e. The minimum atomic E-state index is -0.121. The van der Waals surface area contributed by atoms with Crippen molar-refractivity contribution < 1.29 is 19.1 Å². The maximum Gasteiger partial charge on any atom is 0.251 e. The summed E-state index contributed by atoms with van der Waals surface area (Å²) in [4.78, 5) is 24.7. The van der Waals surface area contributed by atoms with Crippen LogP contribution in [0.5, 0.6) is 5.75 Å². The first-order valence-corrected chi connectivity index (χ1v) is 9.54. The molecule has 0 aromatic heterocycles. The van der Waals surface area contributed by atoms with Crippen LogP contribution in [-0.2, 0) is 11.2 Å². The third kappa shape index (κ3) is 5.33. The first-order chi connectivity index (χ1) is 13.5. The van der Waals surface area contributed by atoms with E-state index in [9.17, 15) is 9.59 Å². The van der Waals surface area contributed by atoms with E-state index in [1.807, 2.05) is 44.2 Å². The number of hydrogen-bond donors (Lipinski definition) is 2. The molecule has 0 spiro atoms. The molecule has 3 rings (SSSR count). The summed E-state index contributed by atoms with van der Waals surface area (Å²) < 4.78 is 11.4. The second-order valence-electron chi connectivity index (χ2n) is 7.04. The predicted octanol–water partition coefficient (Wildman–Crippen LogP) is 2.55. The second-order valence-corrected chi connectivity index (χ2v) is 7.04. The largest absolute Gasteiger partial charge is 0.491 e. The SMILES string of the molecule is CC(C)NC(=O)c1ccc2c(c1)Cc1cccc(c1)C(=O)NCCOCCO2. The molecule has 0 atom stereocenters. The molecule has 2 amide bonds. The van der Waals surface area contributed by atoms with Gasteiger partial charge in [0.1, 0.15) is 12.4 Å². The fourth-order valence-corrected chi connectivity index (χ4v) is 3.04. The molecule has 6 nitrogen and oxygen atoms in total. The zero-order valence-electron chi connectivity index (χ0n) is 16.3. The smallest absolute Gasteiger partial charge is 0.251 e. The van der Waals surface area contributed by atoms with Gasteiger partial charge in [0.15, 0.2) is 0 Å². The zero-order valence-corrected chi connectivity index (χ0v) is 16.3. The Hall–Kier alpha value is -2.86. The van der Waals surface area contributed by atoms with Gasteiger partial charge in [-0.25, -0.2) is 0 Å². The van der Waals surface area contributed by atoms with Crippen molar-refractivity contribution in [3.63, 3.8) is 0 Å². The van der Waals surface area contributed by atoms with Gasteiger partial charge in [-0.2, -0.15) is 0 Å². The van der Waals surface area contributed by atoms with Gasteiger partial charge in [0.25, 0.3) is 11.8 Å². The molecule has 2 aromatic rings. The maximum absolute atomic E-state index is 12.4. The minimum absolute atomic E-state index is 0.0600. The molecule has 0 saturated carbocycles. The van der Waals surface area contributed by atoms with Crippen LogP contribution in [0.3, 0.4) is 0 Å². The van der Waals surface area contributed by atoms with Gasteiger partial charge < -0.3 is 20.1 Å². The Morgan fingerprint density at radius 3 is 2.79 bits per heavy atom. The van der Waals surface area contributed by atoms with Gasteiger partial charge in [-0.05, 0) is 55.3 Å². The Labute approximate surface area is 165 Å². The predicted molar refractivity (Wildman–Crippen MR) is 107 cm³/mol. The highest BCUT2D eigenvalue weighted by Gasteiger charge is 2.14. The zero-order chi connectivity index (χ0) is 19.9. The van der Waals surface area contributed by atoms with Crippen molar-refractivity contribution in [2.45, 2.75) is 26.3 Å². The number of ether oxygens (including phenoxy) is 2. The van der Waals surface area contributed by atoms with Gasteiger partial charge in [0, 0.05) is 30.1 Å². The van der Waals surface area contributed by atoms with Crippen molar-refractivity contribution in [1.29, 1.82) is 0 Å². The number of amides is 2. The maximum atomic E-state index is 12.4. The van der Waals surface area contributed by atoms with Crippen LogP contribution in [0, 0.1) is 0 Å². The van der Waals surface area contributed by atoms with Crippen molar-refractivity contribution in [2.75, 3.05) is 26.4 Å². The third-order valence-electron chi connectivity index (χ3n) is 4.34. The van der Waals surface area contributed by atoms with E-state index in [2.05, 4.69) is 10.6 Å². The second kappa shape index (κ2) is 9.37. The van der Waals surface area contributed by atoms with E-state index in [0.717, 1.165) is 16.9 Å². The van der Waals surface area contributed by atoms with E-state index < -0.39 is 0 Å². The Morgan fingerprint density at radius 2 is 1.96 bits per heavy atom. The van der Waals surface area contributed by atoms with Crippen LogP contribution in [0.4, 0.5) is 0 Å². The van der Waals surface area contributed by atoms with E-state index in [4.69, 9.17) is 9.47 Å². The van der Waals surface area contributed by atoms with Crippen LogP contribution in [-0.4, -0.2) is 44.2 Å². The van der Waals surface area contributed by atoms with Crippen molar-refractivity contribution in [2.24, 2.45) is 0 Å². The van der Waals surface area contributed by atoms with Crippen molar-refractivity contribution in [1.82, 2.24) is 10.6 Å². The van der Waals surface area contributed by atoms with E-state index in [0.29, 0.717) is 43.9 Å². The van der Waals surface area contributed by atoms with E-state index in [-0.39, 0.29) is 17.9 Å².